The maximum Gasteiger partial charge on any atom is 0.460 e. The molecule has 1 aromatic carbocycles. The van der Waals surface area contributed by atoms with E-state index in [1.54, 1.807) is 26.0 Å². The fourth-order valence-electron chi connectivity index (χ4n) is 5.64. The number of ether oxygens (including phenoxy) is 2. The van der Waals surface area contributed by atoms with Crippen molar-refractivity contribution < 1.29 is 98.4 Å². The van der Waals surface area contributed by atoms with Gasteiger partial charge >= 0.3 is 53.6 Å². The summed E-state index contributed by atoms with van der Waals surface area (Å²) >= 11 is 0. The van der Waals surface area contributed by atoms with Crippen molar-refractivity contribution in [1.29, 1.82) is 0 Å². The fraction of sp³-hybridized carbons (Fsp3) is 0.686. The molecule has 0 aromatic heterocycles. The van der Waals surface area contributed by atoms with Gasteiger partial charge in [-0.25, -0.2) is 4.79 Å². The molecule has 5 nitrogen and oxygen atoms in total. The van der Waals surface area contributed by atoms with E-state index in [4.69, 9.17) is 13.9 Å². The summed E-state index contributed by atoms with van der Waals surface area (Å²) in [7, 11) is -3.94. The Morgan fingerprint density at radius 3 is 1.64 bits per heavy atom. The van der Waals surface area contributed by atoms with Crippen LogP contribution in [0.3, 0.4) is 0 Å². The highest BCUT2D eigenvalue weighted by Crippen LogP contribution is 2.64. The number of aliphatic hydroxyl groups is 1. The van der Waals surface area contributed by atoms with E-state index in [1.165, 1.54) is 58.0 Å². The minimum Gasteiger partial charge on any atom is -0.491 e. The first-order chi connectivity index (χ1) is 26.1. The average molecular weight is 895 g/mol. The molecule has 0 saturated carbocycles. The molecule has 1 atom stereocenters. The van der Waals surface area contributed by atoms with Crippen LogP contribution in [0, 0.1) is 0 Å². The van der Waals surface area contributed by atoms with Gasteiger partial charge < -0.3 is 19.0 Å². The second-order valence-corrected chi connectivity index (χ2v) is 18.8. The van der Waals surface area contributed by atoms with Crippen molar-refractivity contribution in [2.45, 2.75) is 132 Å². The molecule has 1 rings (SSSR count). The van der Waals surface area contributed by atoms with Crippen LogP contribution in [0.4, 0.5) is 74.6 Å². The lowest BCUT2D eigenvalue weighted by atomic mass is 9.88. The smallest absolute Gasteiger partial charge is 0.460 e. The Balaban J connectivity index is 3.10. The Morgan fingerprint density at radius 1 is 0.724 bits per heavy atom. The molecule has 23 heteroatoms. The summed E-state index contributed by atoms with van der Waals surface area (Å²) in [6, 6.07) is 4.56. The third-order valence-corrected chi connectivity index (χ3v) is 14.9. The van der Waals surface area contributed by atoms with Crippen LogP contribution >= 0.6 is 0 Å². The van der Waals surface area contributed by atoms with E-state index >= 15 is 0 Å². The molecule has 0 bridgehead atoms. The molecule has 1 N–H and O–H groups in total. The zero-order valence-electron chi connectivity index (χ0n) is 31.7. The zero-order chi connectivity index (χ0) is 45.6. The van der Waals surface area contributed by atoms with E-state index in [0.29, 0.717) is 17.6 Å². The van der Waals surface area contributed by atoms with E-state index in [1.807, 2.05) is 0 Å². The van der Waals surface area contributed by atoms with Crippen molar-refractivity contribution in [2.75, 3.05) is 19.8 Å². The van der Waals surface area contributed by atoms with Gasteiger partial charge in [0.2, 0.25) is 0 Å². The molecular weight excluding hydrogens is 851 g/mol. The van der Waals surface area contributed by atoms with Gasteiger partial charge in [0.25, 0.3) is 0 Å². The highest BCUT2D eigenvalue weighted by molar-refractivity contribution is 6.76. The van der Waals surface area contributed by atoms with Crippen molar-refractivity contribution in [3.8, 4) is 5.75 Å². The van der Waals surface area contributed by atoms with Gasteiger partial charge in [0.1, 0.15) is 12.4 Å². The molecule has 0 unspecified atom stereocenters. The number of halogens is 17. The first-order valence-corrected chi connectivity index (χ1v) is 19.6. The predicted octanol–water partition coefficient (Wildman–Crippen LogP) is 12.1. The summed E-state index contributed by atoms with van der Waals surface area (Å²) < 4.78 is 250. The summed E-state index contributed by atoms with van der Waals surface area (Å²) in [5.41, 5.74) is -0.602. The van der Waals surface area contributed by atoms with Gasteiger partial charge in [0.05, 0.1) is 19.3 Å². The molecule has 0 aliphatic carbocycles. The Kier molecular flexibility index (Phi) is 17.4. The summed E-state index contributed by atoms with van der Waals surface area (Å²) in [6.07, 6.45) is -5.89. The van der Waals surface area contributed by atoms with Gasteiger partial charge in [0, 0.05) is 12.5 Å². The van der Waals surface area contributed by atoms with E-state index in [-0.39, 0.29) is 25.4 Å². The molecule has 0 saturated heterocycles. The third kappa shape index (κ3) is 10.8. The van der Waals surface area contributed by atoms with E-state index in [0.717, 1.165) is 0 Å². The fourth-order valence-corrected chi connectivity index (χ4v) is 10.1. The number of alkyl halides is 17. The molecule has 0 heterocycles. The molecule has 1 aromatic rings. The number of hydrogen-bond donors (Lipinski definition) is 1. The number of carbonyl (C=O) groups excluding carboxylic acids is 1. The molecule has 0 fully saturated rings. The highest BCUT2D eigenvalue weighted by Gasteiger charge is 2.95. The summed E-state index contributed by atoms with van der Waals surface area (Å²) in [4.78, 5) is 11.5. The first-order valence-electron chi connectivity index (χ1n) is 17.3. The number of carbonyl (C=O) groups is 1. The van der Waals surface area contributed by atoms with Crippen LogP contribution in [0.2, 0.25) is 17.1 Å². The predicted molar refractivity (Wildman–Crippen MR) is 178 cm³/mol. The minimum atomic E-state index is -8.68. The number of benzene rings is 1. The van der Waals surface area contributed by atoms with Gasteiger partial charge in [-0.1, -0.05) is 52.0 Å². The Morgan fingerprint density at radius 2 is 1.19 bits per heavy atom. The average Bonchev–Trinajstić information content (AvgIpc) is 3.08. The van der Waals surface area contributed by atoms with Crippen molar-refractivity contribution >= 4 is 14.3 Å². The van der Waals surface area contributed by atoms with Crippen molar-refractivity contribution in [3.05, 3.63) is 53.6 Å². The third-order valence-electron chi connectivity index (χ3n) is 9.18. The van der Waals surface area contributed by atoms with Gasteiger partial charge in [-0.15, -0.1) is 0 Å². The molecule has 0 amide bonds. The van der Waals surface area contributed by atoms with Crippen LogP contribution in [0.5, 0.6) is 5.75 Å². The maximum absolute atomic E-state index is 14.9. The lowest BCUT2D eigenvalue weighted by Crippen LogP contribution is -2.74. The second-order valence-electron chi connectivity index (χ2n) is 13.8. The Bertz CT molecular complexity index is 1530. The second kappa shape index (κ2) is 19.1. The maximum atomic E-state index is 14.9. The Hall–Kier alpha value is -3.08. The molecule has 0 aliphatic heterocycles. The van der Waals surface area contributed by atoms with Gasteiger partial charge in [0.15, 0.2) is 8.32 Å². The van der Waals surface area contributed by atoms with Crippen molar-refractivity contribution in [1.82, 2.24) is 0 Å². The number of hydrogen-bond acceptors (Lipinski definition) is 5. The highest BCUT2D eigenvalue weighted by atomic mass is 28.4. The molecule has 0 aliphatic rings. The van der Waals surface area contributed by atoms with Crippen LogP contribution in [-0.2, 0) is 14.0 Å². The van der Waals surface area contributed by atoms with Crippen LogP contribution in [-0.4, -0.2) is 86.8 Å². The summed E-state index contributed by atoms with van der Waals surface area (Å²) in [5, 5.41) is 10.5. The standard InChI is InChI=1S/C35H43F17O5Si/c1-7-55-27(54)20-23(6)10-8-9-11-26(53)24-12-14-25(15-13-24)56-17-18-57-58(21(2)3,22(4)5)19-16-28(36,37)29(38,39)30(40,41)31(42,43)32(44,45)33(46,47)34(48,49)35(50,51)52/h8,10,12-15,20-22,26,53H,7,9,11,16-19H2,1-6H3/b10-8+,23-20+/t26-/m1/s1. The number of esters is 1. The molecule has 336 valence electrons. The lowest BCUT2D eigenvalue weighted by Gasteiger charge is -2.44. The molecule has 0 radical (unpaired) electrons. The van der Waals surface area contributed by atoms with Gasteiger partial charge in [-0.2, -0.15) is 74.6 Å². The topological polar surface area (TPSA) is 65.0 Å². The van der Waals surface area contributed by atoms with E-state index in [9.17, 15) is 84.5 Å². The monoisotopic (exact) mass is 894 g/mol. The van der Waals surface area contributed by atoms with Crippen molar-refractivity contribution in [3.63, 3.8) is 0 Å². The molecule has 0 spiro atoms. The van der Waals surface area contributed by atoms with Crippen molar-refractivity contribution in [2.24, 2.45) is 0 Å². The van der Waals surface area contributed by atoms with E-state index in [2.05, 4.69) is 0 Å². The lowest BCUT2D eigenvalue weighted by molar-refractivity contribution is -0.461. The number of allylic oxidation sites excluding steroid dienone is 3. The van der Waals surface area contributed by atoms with Gasteiger partial charge in [-0.05, 0) is 67.1 Å². The first kappa shape index (κ1) is 52.9. The molecular formula is C35H43F17O5Si. The Labute approximate surface area is 323 Å². The minimum absolute atomic E-state index is 0.185. The summed E-state index contributed by atoms with van der Waals surface area (Å²) in [5.74, 6) is -57.0. The van der Waals surface area contributed by atoms with Crippen LogP contribution in [0.25, 0.3) is 0 Å². The van der Waals surface area contributed by atoms with Crippen LogP contribution in [0.15, 0.2) is 48.1 Å². The number of aliphatic hydroxyl groups excluding tert-OH is 1. The van der Waals surface area contributed by atoms with Crippen LogP contribution in [0.1, 0.15) is 72.5 Å². The molecule has 58 heavy (non-hydrogen) atoms. The number of rotatable bonds is 23. The summed E-state index contributed by atoms with van der Waals surface area (Å²) in [6.45, 7) is 8.03. The quantitative estimate of drug-likeness (QED) is 0.0296. The zero-order valence-corrected chi connectivity index (χ0v) is 32.7. The van der Waals surface area contributed by atoms with Gasteiger partial charge in [-0.3, -0.25) is 0 Å². The largest absolute Gasteiger partial charge is 0.491 e. The van der Waals surface area contributed by atoms with E-state index < -0.39 is 98.2 Å². The SMILES string of the molecule is CCOC(=O)/C=C(C)/C=C/CC[C@@H](O)c1ccc(OCCO[Si](CCC(F)(F)C(F)(F)C(F)(F)C(F)(F)C(F)(F)C(F)(F)C(F)(F)C(F)(F)F)(C(C)C)C(C)C)cc1. The van der Waals surface area contributed by atoms with Crippen LogP contribution < -0.4 is 4.74 Å². The normalized spacial score (nSPS) is 15.4.